The highest BCUT2D eigenvalue weighted by Crippen LogP contribution is 2.20. The van der Waals surface area contributed by atoms with Gasteiger partial charge in [0.2, 0.25) is 23.1 Å². The van der Waals surface area contributed by atoms with Crippen molar-refractivity contribution in [1.29, 1.82) is 0 Å². The number of H-pyrrole nitrogens is 2. The molecule has 0 unspecified atom stereocenters. The van der Waals surface area contributed by atoms with Crippen LogP contribution in [0.3, 0.4) is 0 Å². The average molecular weight is 412 g/mol. The predicted octanol–water partition coefficient (Wildman–Crippen LogP) is -1.27. The zero-order valence-electron chi connectivity index (χ0n) is 12.7. The largest absolute Gasteiger partial charge is 0.741 e. The van der Waals surface area contributed by atoms with Crippen LogP contribution in [0.25, 0.3) is 0 Å². The zero-order valence-corrected chi connectivity index (χ0v) is 14.3. The van der Waals surface area contributed by atoms with Crippen molar-refractivity contribution in [2.75, 3.05) is 0 Å². The highest BCUT2D eigenvalue weighted by Gasteiger charge is 2.36. The molecule has 16 heteroatoms. The van der Waals surface area contributed by atoms with Crippen LogP contribution in [0.2, 0.25) is 0 Å². The molecule has 2 heterocycles. The first-order chi connectivity index (χ1) is 11.0. The third kappa shape index (κ3) is 19.9. The number of aryl methyl sites for hydroxylation is 2. The standard InChI is InChI=1S/2C4H6N2.CHF3O3S.H2O4S/c2*1-6-3-2-5-4-6;2-1(3,4)8(5,6)7;1-5(2,3)4/h2*2-4H,1H3;(H,5,6,7);(H2,1,2,3,4). The Bertz CT molecular complexity index is 732. The lowest BCUT2D eigenvalue weighted by molar-refractivity contribution is -0.670. The van der Waals surface area contributed by atoms with Gasteiger partial charge in [0.1, 0.15) is 24.8 Å². The van der Waals surface area contributed by atoms with Gasteiger partial charge in [-0.2, -0.15) is 13.2 Å². The van der Waals surface area contributed by atoms with E-state index in [0.29, 0.717) is 0 Å². The Labute approximate surface area is 141 Å². The summed E-state index contributed by atoms with van der Waals surface area (Å²) in [6.07, 6.45) is 11.4. The van der Waals surface area contributed by atoms with Gasteiger partial charge >= 0.3 is 5.51 Å². The molecule has 2 aromatic rings. The van der Waals surface area contributed by atoms with Crippen LogP contribution in [0.5, 0.6) is 0 Å². The minimum Gasteiger partial charge on any atom is -0.741 e. The summed E-state index contributed by atoms with van der Waals surface area (Å²) < 4.78 is 95.6. The van der Waals surface area contributed by atoms with Crippen molar-refractivity contribution in [3.63, 3.8) is 0 Å². The third-order valence-electron chi connectivity index (χ3n) is 1.65. The molecule has 0 saturated heterocycles. The van der Waals surface area contributed by atoms with Crippen molar-refractivity contribution in [2.24, 2.45) is 14.1 Å². The van der Waals surface area contributed by atoms with Gasteiger partial charge in [0, 0.05) is 0 Å². The van der Waals surface area contributed by atoms with E-state index in [1.165, 1.54) is 0 Å². The molecule has 0 spiro atoms. The minimum atomic E-state index is -6.09. The van der Waals surface area contributed by atoms with E-state index in [-0.39, 0.29) is 0 Å². The smallest absolute Gasteiger partial charge is 0.485 e. The summed E-state index contributed by atoms with van der Waals surface area (Å²) in [5, 5.41) is 0. The van der Waals surface area contributed by atoms with Gasteiger partial charge in [-0.3, -0.25) is 14.5 Å². The average Bonchev–Trinajstić information content (AvgIpc) is 2.99. The van der Waals surface area contributed by atoms with Crippen LogP contribution in [-0.4, -0.2) is 46.0 Å². The van der Waals surface area contributed by atoms with Crippen LogP contribution in [-0.2, 0) is 34.6 Å². The summed E-state index contributed by atoms with van der Waals surface area (Å²) in [6.45, 7) is 0. The van der Waals surface area contributed by atoms with Crippen LogP contribution in [0, 0.1) is 0 Å². The molecule has 11 nitrogen and oxygen atoms in total. The molecule has 0 bridgehead atoms. The van der Waals surface area contributed by atoms with Crippen molar-refractivity contribution in [2.45, 2.75) is 5.51 Å². The predicted molar refractivity (Wildman–Crippen MR) is 72.0 cm³/mol. The molecule has 0 aliphatic carbocycles. The molecule has 0 radical (unpaired) electrons. The summed E-state index contributed by atoms with van der Waals surface area (Å²) in [7, 11) is -7.07. The molecule has 3 N–H and O–H groups in total. The number of rotatable bonds is 0. The van der Waals surface area contributed by atoms with Crippen molar-refractivity contribution in [3.05, 3.63) is 37.4 Å². The summed E-state index contributed by atoms with van der Waals surface area (Å²) in [6, 6.07) is 0. The molecule has 0 aliphatic heterocycles. The maximum Gasteiger partial charge on any atom is 0.485 e. The number of alkyl halides is 3. The van der Waals surface area contributed by atoms with Gasteiger partial charge in [-0.1, -0.05) is 0 Å². The number of hydrogen-bond acceptors (Lipinski definition) is 6. The molecule has 2 aromatic heterocycles. The Morgan fingerprint density at radius 3 is 1.20 bits per heavy atom. The molecular formula is C9H15F3N4O7S2. The highest BCUT2D eigenvalue weighted by atomic mass is 32.3. The molecule has 0 saturated carbocycles. The minimum absolute atomic E-state index is 1.88. The van der Waals surface area contributed by atoms with Gasteiger partial charge in [0.05, 0.1) is 14.1 Å². The van der Waals surface area contributed by atoms with E-state index in [0.717, 1.165) is 0 Å². The van der Waals surface area contributed by atoms with Crippen LogP contribution < -0.4 is 9.13 Å². The lowest BCUT2D eigenvalue weighted by Gasteiger charge is -2.08. The van der Waals surface area contributed by atoms with Gasteiger partial charge < -0.3 is 9.11 Å². The van der Waals surface area contributed by atoms with Crippen LogP contribution in [0.4, 0.5) is 13.2 Å². The summed E-state index contributed by atoms with van der Waals surface area (Å²) in [5.74, 6) is 0. The Hall–Kier alpha value is -2.01. The van der Waals surface area contributed by atoms with Gasteiger partial charge in [0.25, 0.3) is 0 Å². The Morgan fingerprint density at radius 2 is 1.16 bits per heavy atom. The first-order valence-electron chi connectivity index (χ1n) is 5.70. The number of nitrogens with one attached hydrogen (secondary N) is 2. The number of imidazole rings is 2. The second-order valence-electron chi connectivity index (χ2n) is 3.88. The first-order valence-corrected chi connectivity index (χ1v) is 8.48. The van der Waals surface area contributed by atoms with Crippen molar-refractivity contribution >= 4 is 20.5 Å². The van der Waals surface area contributed by atoms with Crippen molar-refractivity contribution in [3.8, 4) is 0 Å². The maximum atomic E-state index is 10.7. The summed E-state index contributed by atoms with van der Waals surface area (Å²) in [4.78, 5) is 5.78. The van der Waals surface area contributed by atoms with Crippen LogP contribution >= 0.6 is 0 Å². The first kappa shape index (κ1) is 25.2. The topological polar surface area (TPSA) is 174 Å². The molecule has 2 rings (SSSR count). The number of aromatic amines is 2. The van der Waals surface area contributed by atoms with E-state index < -0.39 is 26.0 Å². The highest BCUT2D eigenvalue weighted by molar-refractivity contribution is 7.86. The maximum absolute atomic E-state index is 10.7. The number of nitrogens with zero attached hydrogens (tertiary/aromatic N) is 2. The van der Waals surface area contributed by atoms with Crippen molar-refractivity contribution in [1.82, 2.24) is 9.97 Å². The molecule has 146 valence electrons. The van der Waals surface area contributed by atoms with E-state index in [1.807, 2.05) is 60.7 Å². The number of hydrogen-bond donors (Lipinski definition) is 3. The van der Waals surface area contributed by atoms with E-state index in [9.17, 15) is 13.2 Å². The van der Waals surface area contributed by atoms with E-state index in [2.05, 4.69) is 9.97 Å². The van der Waals surface area contributed by atoms with E-state index >= 15 is 0 Å². The van der Waals surface area contributed by atoms with Gasteiger partial charge in [-0.15, -0.1) is 0 Å². The van der Waals surface area contributed by atoms with Crippen LogP contribution in [0.1, 0.15) is 0 Å². The van der Waals surface area contributed by atoms with Crippen molar-refractivity contribution < 1.29 is 52.8 Å². The second kappa shape index (κ2) is 10.8. The quantitative estimate of drug-likeness (QED) is 0.209. The monoisotopic (exact) mass is 412 g/mol. The van der Waals surface area contributed by atoms with Gasteiger partial charge in [0.15, 0.2) is 10.1 Å². The fourth-order valence-corrected chi connectivity index (χ4v) is 0.728. The molecule has 0 atom stereocenters. The molecule has 0 aromatic carbocycles. The number of halogens is 3. The molecule has 0 fully saturated rings. The second-order valence-corrected chi connectivity index (χ2v) is 6.11. The summed E-state index contributed by atoms with van der Waals surface area (Å²) in [5.41, 5.74) is -5.65. The molecular weight excluding hydrogens is 397 g/mol. The molecule has 0 aliphatic rings. The van der Waals surface area contributed by atoms with E-state index in [1.54, 1.807) is 0 Å². The Morgan fingerprint density at radius 1 is 0.920 bits per heavy atom. The lowest BCUT2D eigenvalue weighted by atomic mass is 10.9. The normalized spacial score (nSPS) is 11.0. The number of aromatic nitrogens is 4. The fourth-order valence-electron chi connectivity index (χ4n) is 0.728. The van der Waals surface area contributed by atoms with E-state index in [4.69, 9.17) is 30.5 Å². The van der Waals surface area contributed by atoms with Gasteiger partial charge in [-0.25, -0.2) is 26.0 Å². The summed E-state index contributed by atoms with van der Waals surface area (Å²) >= 11 is 0. The lowest BCUT2D eigenvalue weighted by Crippen LogP contribution is -2.22. The molecule has 25 heavy (non-hydrogen) atoms. The third-order valence-corrected chi connectivity index (χ3v) is 2.22. The SMILES string of the molecule is C[n+]1cc[nH]c1.C[n+]1cc[nH]c1.O=S(=O)([O-])C(F)(F)F.O=S(=O)([O-])O. The Kier molecular flexibility index (Phi) is 10.9. The van der Waals surface area contributed by atoms with Crippen LogP contribution in [0.15, 0.2) is 37.4 Å². The van der Waals surface area contributed by atoms with Gasteiger partial charge in [-0.05, 0) is 0 Å². The zero-order chi connectivity index (χ0) is 20.3. The molecule has 0 amide bonds. The Balaban J connectivity index is 0. The fraction of sp³-hybridized carbons (Fsp3) is 0.333.